The molecule has 0 radical (unpaired) electrons. The molecular formula is C20H22N6O3S. The number of carbonyl (C=O) groups excluding carboxylic acids is 1. The van der Waals surface area contributed by atoms with Crippen molar-refractivity contribution >= 4 is 23.5 Å². The van der Waals surface area contributed by atoms with Crippen molar-refractivity contribution in [2.24, 2.45) is 0 Å². The average molecular weight is 427 g/mol. The highest BCUT2D eigenvalue weighted by molar-refractivity contribution is 7.98. The fourth-order valence-electron chi connectivity index (χ4n) is 2.79. The summed E-state index contributed by atoms with van der Waals surface area (Å²) >= 11 is 1.51. The lowest BCUT2D eigenvalue weighted by molar-refractivity contribution is -0.384. The van der Waals surface area contributed by atoms with Crippen molar-refractivity contribution in [3.8, 4) is 5.69 Å². The second-order valence-corrected chi connectivity index (χ2v) is 7.38. The molecule has 0 aliphatic carbocycles. The number of nitrogens with one attached hydrogen (secondary N) is 2. The van der Waals surface area contributed by atoms with E-state index in [-0.39, 0.29) is 18.3 Å². The van der Waals surface area contributed by atoms with Crippen molar-refractivity contribution in [3.05, 3.63) is 75.6 Å². The molecule has 3 aromatic rings. The molecule has 0 saturated heterocycles. The zero-order chi connectivity index (χ0) is 21.5. The molecule has 2 N–H and O–H groups in total. The maximum Gasteiger partial charge on any atom is 0.315 e. The Bertz CT molecular complexity index is 1040. The quantitative estimate of drug-likeness (QED) is 0.323. The Morgan fingerprint density at radius 3 is 2.53 bits per heavy atom. The first-order chi connectivity index (χ1) is 14.5. The number of nitro benzene ring substituents is 1. The van der Waals surface area contributed by atoms with Crippen LogP contribution in [0.5, 0.6) is 0 Å². The van der Waals surface area contributed by atoms with Gasteiger partial charge in [0, 0.05) is 30.1 Å². The first kappa shape index (κ1) is 21.3. The minimum Gasteiger partial charge on any atom is -0.338 e. The van der Waals surface area contributed by atoms with E-state index in [1.54, 1.807) is 16.7 Å². The molecule has 0 unspecified atom stereocenters. The molecule has 30 heavy (non-hydrogen) atoms. The number of non-ortho nitro benzene ring substituents is 1. The lowest BCUT2D eigenvalue weighted by Gasteiger charge is -2.11. The molecule has 0 atom stereocenters. The Kier molecular flexibility index (Phi) is 7.02. The molecular weight excluding hydrogens is 404 g/mol. The number of benzene rings is 2. The summed E-state index contributed by atoms with van der Waals surface area (Å²) in [7, 11) is 0. The SMILES string of the molecule is CCNC(=O)NCc1nnc(SCc2ccccc2C)n1-c1ccc([N+](=O)[O-])cc1. The van der Waals surface area contributed by atoms with Crippen LogP contribution in [0.1, 0.15) is 23.9 Å². The van der Waals surface area contributed by atoms with Crippen LogP contribution in [0.25, 0.3) is 5.69 Å². The van der Waals surface area contributed by atoms with Crippen molar-refractivity contribution in [2.75, 3.05) is 6.54 Å². The van der Waals surface area contributed by atoms with Crippen LogP contribution in [0.2, 0.25) is 0 Å². The molecule has 0 aliphatic rings. The predicted octanol–water partition coefficient (Wildman–Crippen LogP) is 3.60. The van der Waals surface area contributed by atoms with Gasteiger partial charge in [-0.25, -0.2) is 4.79 Å². The molecule has 2 amide bonds. The zero-order valence-corrected chi connectivity index (χ0v) is 17.5. The monoisotopic (exact) mass is 426 g/mol. The summed E-state index contributed by atoms with van der Waals surface area (Å²) in [6, 6.07) is 14.0. The molecule has 0 bridgehead atoms. The molecule has 10 heteroatoms. The Morgan fingerprint density at radius 1 is 1.13 bits per heavy atom. The van der Waals surface area contributed by atoms with Crippen molar-refractivity contribution in [1.82, 2.24) is 25.4 Å². The highest BCUT2D eigenvalue weighted by Crippen LogP contribution is 2.27. The van der Waals surface area contributed by atoms with Gasteiger partial charge in [-0.2, -0.15) is 0 Å². The van der Waals surface area contributed by atoms with E-state index in [2.05, 4.69) is 39.9 Å². The molecule has 156 valence electrons. The topological polar surface area (TPSA) is 115 Å². The van der Waals surface area contributed by atoms with Gasteiger partial charge >= 0.3 is 6.03 Å². The van der Waals surface area contributed by atoms with Crippen LogP contribution in [0, 0.1) is 17.0 Å². The van der Waals surface area contributed by atoms with Gasteiger partial charge in [0.25, 0.3) is 5.69 Å². The van der Waals surface area contributed by atoms with Gasteiger partial charge in [0.15, 0.2) is 11.0 Å². The zero-order valence-electron chi connectivity index (χ0n) is 16.7. The smallest absolute Gasteiger partial charge is 0.315 e. The number of nitro groups is 1. The van der Waals surface area contributed by atoms with E-state index >= 15 is 0 Å². The number of thioether (sulfide) groups is 1. The fraction of sp³-hybridized carbons (Fsp3) is 0.250. The van der Waals surface area contributed by atoms with Crippen LogP contribution < -0.4 is 10.6 Å². The van der Waals surface area contributed by atoms with Crippen LogP contribution >= 0.6 is 11.8 Å². The van der Waals surface area contributed by atoms with Crippen LogP contribution in [-0.2, 0) is 12.3 Å². The van der Waals surface area contributed by atoms with E-state index in [1.165, 1.54) is 35.0 Å². The number of hydrogen-bond donors (Lipinski definition) is 2. The number of nitrogens with zero attached hydrogens (tertiary/aromatic N) is 4. The second-order valence-electron chi connectivity index (χ2n) is 6.44. The third-order valence-corrected chi connectivity index (χ3v) is 5.36. The summed E-state index contributed by atoms with van der Waals surface area (Å²) in [5.41, 5.74) is 3.06. The molecule has 0 spiro atoms. The molecule has 3 rings (SSSR count). The van der Waals surface area contributed by atoms with Crippen LogP contribution in [0.3, 0.4) is 0 Å². The summed E-state index contributed by atoms with van der Waals surface area (Å²) in [5.74, 6) is 1.23. The number of carbonyl (C=O) groups is 1. The lowest BCUT2D eigenvalue weighted by atomic mass is 10.1. The van der Waals surface area contributed by atoms with Gasteiger partial charge in [0.2, 0.25) is 0 Å². The van der Waals surface area contributed by atoms with E-state index < -0.39 is 4.92 Å². The van der Waals surface area contributed by atoms with Gasteiger partial charge in [-0.15, -0.1) is 10.2 Å². The molecule has 1 aromatic heterocycles. The summed E-state index contributed by atoms with van der Waals surface area (Å²) in [6.07, 6.45) is 0. The maximum atomic E-state index is 11.8. The van der Waals surface area contributed by atoms with Crippen molar-refractivity contribution in [3.63, 3.8) is 0 Å². The summed E-state index contributed by atoms with van der Waals surface area (Å²) in [4.78, 5) is 22.3. The number of urea groups is 1. The standard InChI is InChI=1S/C20H22N6O3S/c1-3-21-19(27)22-12-18-23-24-20(30-13-15-7-5-4-6-14(15)2)25(18)16-8-10-17(11-9-16)26(28)29/h4-11H,3,12-13H2,1-2H3,(H2,21,22,27). The minimum atomic E-state index is -0.443. The largest absolute Gasteiger partial charge is 0.338 e. The maximum absolute atomic E-state index is 11.8. The van der Waals surface area contributed by atoms with Gasteiger partial charge in [0.05, 0.1) is 11.5 Å². The Morgan fingerprint density at radius 2 is 1.87 bits per heavy atom. The van der Waals surface area contributed by atoms with Gasteiger partial charge in [-0.05, 0) is 37.1 Å². The van der Waals surface area contributed by atoms with Gasteiger partial charge < -0.3 is 10.6 Å². The van der Waals surface area contributed by atoms with E-state index in [0.29, 0.717) is 29.0 Å². The summed E-state index contributed by atoms with van der Waals surface area (Å²) in [6.45, 7) is 4.57. The highest BCUT2D eigenvalue weighted by Gasteiger charge is 2.17. The molecule has 2 aromatic carbocycles. The number of aromatic nitrogens is 3. The van der Waals surface area contributed by atoms with Gasteiger partial charge in [-0.1, -0.05) is 36.0 Å². The van der Waals surface area contributed by atoms with Crippen molar-refractivity contribution in [2.45, 2.75) is 31.3 Å². The van der Waals surface area contributed by atoms with Gasteiger partial charge in [0.1, 0.15) is 0 Å². The third kappa shape index (κ3) is 5.15. The summed E-state index contributed by atoms with van der Waals surface area (Å²) < 4.78 is 1.80. The highest BCUT2D eigenvalue weighted by atomic mass is 32.2. The van der Waals surface area contributed by atoms with Crippen LogP contribution in [0.4, 0.5) is 10.5 Å². The fourth-order valence-corrected chi connectivity index (χ4v) is 3.83. The molecule has 1 heterocycles. The van der Waals surface area contributed by atoms with Crippen LogP contribution in [0.15, 0.2) is 53.7 Å². The second kappa shape index (κ2) is 9.88. The van der Waals surface area contributed by atoms with Crippen molar-refractivity contribution < 1.29 is 9.72 Å². The number of rotatable bonds is 8. The number of hydrogen-bond acceptors (Lipinski definition) is 6. The lowest BCUT2D eigenvalue weighted by Crippen LogP contribution is -2.35. The normalized spacial score (nSPS) is 10.6. The number of amides is 2. The molecule has 9 nitrogen and oxygen atoms in total. The minimum absolute atomic E-state index is 0.00272. The molecule has 0 aliphatic heterocycles. The Balaban J connectivity index is 1.88. The first-order valence-corrected chi connectivity index (χ1v) is 10.4. The van der Waals surface area contributed by atoms with E-state index in [9.17, 15) is 14.9 Å². The van der Waals surface area contributed by atoms with Crippen molar-refractivity contribution in [1.29, 1.82) is 0 Å². The van der Waals surface area contributed by atoms with E-state index in [4.69, 9.17) is 0 Å². The predicted molar refractivity (Wildman–Crippen MR) is 115 cm³/mol. The number of aryl methyl sites for hydroxylation is 1. The summed E-state index contributed by atoms with van der Waals surface area (Å²) in [5, 5.41) is 25.6. The van der Waals surface area contributed by atoms with E-state index in [0.717, 1.165) is 0 Å². The Hall–Kier alpha value is -3.40. The third-order valence-electron chi connectivity index (χ3n) is 4.38. The Labute approximate surface area is 178 Å². The van der Waals surface area contributed by atoms with E-state index in [1.807, 2.05) is 19.1 Å². The van der Waals surface area contributed by atoms with Gasteiger partial charge in [-0.3, -0.25) is 14.7 Å². The first-order valence-electron chi connectivity index (χ1n) is 9.37. The van der Waals surface area contributed by atoms with Crippen LogP contribution in [-0.4, -0.2) is 32.3 Å². The molecule has 0 saturated carbocycles. The average Bonchev–Trinajstić information content (AvgIpc) is 3.14. The molecule has 0 fully saturated rings.